The molecule has 1 amide bonds. The molecule has 0 saturated heterocycles. The summed E-state index contributed by atoms with van der Waals surface area (Å²) in [6.45, 7) is 4.17. The molecule has 1 N–H and O–H groups in total. The van der Waals surface area contributed by atoms with Gasteiger partial charge in [-0.2, -0.15) is 0 Å². The van der Waals surface area contributed by atoms with Crippen LogP contribution in [0.4, 0.5) is 5.00 Å². The number of nitrogens with one attached hydrogen (secondary N) is 1. The molecule has 28 heavy (non-hydrogen) atoms. The van der Waals surface area contributed by atoms with Crippen LogP contribution < -0.4 is 10.4 Å². The molecule has 2 bridgehead atoms. The molecule has 3 aliphatic rings. The van der Waals surface area contributed by atoms with Crippen molar-refractivity contribution >= 4 is 34.2 Å². The van der Waals surface area contributed by atoms with Crippen molar-refractivity contribution in [2.45, 2.75) is 39.5 Å². The molecule has 7 heteroatoms. The van der Waals surface area contributed by atoms with Crippen LogP contribution in [0.5, 0.6) is 0 Å². The van der Waals surface area contributed by atoms with Gasteiger partial charge in [-0.05, 0) is 55.9 Å². The maximum absolute atomic E-state index is 13.0. The van der Waals surface area contributed by atoms with E-state index in [-0.39, 0.29) is 24.3 Å². The molecule has 0 radical (unpaired) electrons. The first kappa shape index (κ1) is 19.2. The minimum Gasteiger partial charge on any atom is -0.550 e. The van der Waals surface area contributed by atoms with E-state index in [1.54, 1.807) is 6.92 Å². The third kappa shape index (κ3) is 3.15. The summed E-state index contributed by atoms with van der Waals surface area (Å²) in [7, 11) is 0. The largest absolute Gasteiger partial charge is 0.550 e. The SMILES string of the molecule is CCOC(=O)c1c(NC(=O)[C@H]2[C@H](C(=O)[O-])[C@@H]3C=C[C@H]2C3)sc2c1C[C@@H](C)CC2. The number of allylic oxidation sites excluding steroid dienone is 2. The van der Waals surface area contributed by atoms with Crippen LogP contribution in [0.2, 0.25) is 0 Å². The number of carboxylic acid groups (broad SMARTS) is 1. The predicted molar refractivity (Wildman–Crippen MR) is 103 cm³/mol. The normalized spacial score (nSPS) is 30.1. The second kappa shape index (κ2) is 7.35. The van der Waals surface area contributed by atoms with Crippen LogP contribution in [0, 0.1) is 29.6 Å². The van der Waals surface area contributed by atoms with Crippen LogP contribution in [-0.4, -0.2) is 24.5 Å². The number of carboxylic acids is 1. The van der Waals surface area contributed by atoms with Crippen molar-refractivity contribution in [2.75, 3.05) is 11.9 Å². The molecule has 5 atom stereocenters. The smallest absolute Gasteiger partial charge is 0.341 e. The lowest BCUT2D eigenvalue weighted by atomic mass is 9.82. The Hall–Kier alpha value is -2.15. The first-order chi connectivity index (χ1) is 13.4. The third-order valence-corrected chi connectivity index (χ3v) is 7.47. The van der Waals surface area contributed by atoms with E-state index in [2.05, 4.69) is 12.2 Å². The first-order valence-corrected chi connectivity index (χ1v) is 10.7. The first-order valence-electron chi connectivity index (χ1n) is 9.92. The third-order valence-electron chi connectivity index (χ3n) is 6.26. The highest BCUT2D eigenvalue weighted by molar-refractivity contribution is 7.17. The molecule has 6 nitrogen and oxygen atoms in total. The van der Waals surface area contributed by atoms with Crippen LogP contribution in [-0.2, 0) is 27.2 Å². The Bertz CT molecular complexity index is 857. The molecule has 3 aliphatic carbocycles. The van der Waals surface area contributed by atoms with E-state index in [1.807, 2.05) is 12.2 Å². The van der Waals surface area contributed by atoms with Gasteiger partial charge in [-0.3, -0.25) is 4.79 Å². The molecule has 1 heterocycles. The summed E-state index contributed by atoms with van der Waals surface area (Å²) in [5.74, 6) is -3.18. The Morgan fingerprint density at radius 2 is 1.96 bits per heavy atom. The van der Waals surface area contributed by atoms with Crippen molar-refractivity contribution in [2.24, 2.45) is 29.6 Å². The van der Waals surface area contributed by atoms with Gasteiger partial charge in [0.25, 0.3) is 0 Å². The Kier molecular flexibility index (Phi) is 5.04. The molecule has 0 unspecified atom stereocenters. The Labute approximate surface area is 168 Å². The van der Waals surface area contributed by atoms with Crippen LogP contribution in [0.3, 0.4) is 0 Å². The number of hydrogen-bond acceptors (Lipinski definition) is 6. The van der Waals surface area contributed by atoms with Gasteiger partial charge in [-0.15, -0.1) is 11.3 Å². The average molecular weight is 402 g/mol. The summed E-state index contributed by atoms with van der Waals surface area (Å²) in [4.78, 5) is 38.4. The topological polar surface area (TPSA) is 95.5 Å². The quantitative estimate of drug-likeness (QED) is 0.602. The number of aliphatic carboxylic acids is 1. The average Bonchev–Trinajstić information content (AvgIpc) is 3.33. The lowest BCUT2D eigenvalue weighted by molar-refractivity contribution is -0.313. The minimum atomic E-state index is -1.18. The maximum atomic E-state index is 13.0. The molecule has 1 aromatic rings. The molecule has 0 aromatic carbocycles. The van der Waals surface area contributed by atoms with Crippen LogP contribution >= 0.6 is 11.3 Å². The fourth-order valence-electron chi connectivity index (χ4n) is 4.96. The van der Waals surface area contributed by atoms with Crippen molar-refractivity contribution < 1.29 is 24.2 Å². The number of carbonyl (C=O) groups is 3. The monoisotopic (exact) mass is 402 g/mol. The number of amides is 1. The van der Waals surface area contributed by atoms with Gasteiger partial charge in [-0.1, -0.05) is 19.1 Å². The number of carbonyl (C=O) groups excluding carboxylic acids is 3. The highest BCUT2D eigenvalue weighted by atomic mass is 32.1. The molecule has 1 saturated carbocycles. The molecular weight excluding hydrogens is 378 g/mol. The lowest BCUT2D eigenvalue weighted by Crippen LogP contribution is -2.42. The maximum Gasteiger partial charge on any atom is 0.341 e. The number of thiophene rings is 1. The lowest BCUT2D eigenvalue weighted by Gasteiger charge is -2.27. The summed E-state index contributed by atoms with van der Waals surface area (Å²) in [6.07, 6.45) is 7.19. The summed E-state index contributed by atoms with van der Waals surface area (Å²) < 4.78 is 5.25. The summed E-state index contributed by atoms with van der Waals surface area (Å²) in [5.41, 5.74) is 1.42. The van der Waals surface area contributed by atoms with E-state index >= 15 is 0 Å². The van der Waals surface area contributed by atoms with Gasteiger partial charge in [0.2, 0.25) is 5.91 Å². The number of ether oxygens (including phenoxy) is 1. The van der Waals surface area contributed by atoms with Crippen molar-refractivity contribution in [3.8, 4) is 0 Å². The van der Waals surface area contributed by atoms with E-state index in [0.717, 1.165) is 29.7 Å². The fourth-order valence-corrected chi connectivity index (χ4v) is 6.20. The molecule has 0 aliphatic heterocycles. The molecule has 4 rings (SSSR count). The van der Waals surface area contributed by atoms with Crippen molar-refractivity contribution in [3.05, 3.63) is 28.2 Å². The van der Waals surface area contributed by atoms with E-state index in [1.165, 1.54) is 11.3 Å². The van der Waals surface area contributed by atoms with Crippen molar-refractivity contribution in [1.29, 1.82) is 0 Å². The number of rotatable bonds is 5. The highest BCUT2D eigenvalue weighted by Gasteiger charge is 2.49. The van der Waals surface area contributed by atoms with E-state index in [0.29, 0.717) is 22.9 Å². The summed E-state index contributed by atoms with van der Waals surface area (Å²) in [6, 6.07) is 0. The second-order valence-corrected chi connectivity index (χ2v) is 9.19. The summed E-state index contributed by atoms with van der Waals surface area (Å²) in [5, 5.41) is 15.0. The van der Waals surface area contributed by atoms with Gasteiger partial charge in [0.15, 0.2) is 0 Å². The van der Waals surface area contributed by atoms with Crippen molar-refractivity contribution in [3.63, 3.8) is 0 Å². The van der Waals surface area contributed by atoms with Gasteiger partial charge in [0.1, 0.15) is 5.00 Å². The molecule has 0 spiro atoms. The van der Waals surface area contributed by atoms with Gasteiger partial charge >= 0.3 is 5.97 Å². The van der Waals surface area contributed by atoms with Gasteiger partial charge < -0.3 is 20.0 Å². The number of anilines is 1. The molecular formula is C21H24NO5S-. The standard InChI is InChI=1S/C21H25NO5S/c1-3-27-21(26)17-13-8-10(2)4-7-14(13)28-19(17)22-18(23)15-11-5-6-12(9-11)16(15)20(24)25/h5-6,10-12,15-16H,3-4,7-9H2,1-2H3,(H,22,23)(H,24,25)/p-1/t10-,11-,12+,15+,16+/m0/s1. The molecule has 1 aromatic heterocycles. The minimum absolute atomic E-state index is 0.0893. The highest BCUT2D eigenvalue weighted by Crippen LogP contribution is 2.49. The number of fused-ring (bicyclic) bond motifs is 3. The van der Waals surface area contributed by atoms with E-state index < -0.39 is 23.8 Å². The van der Waals surface area contributed by atoms with E-state index in [9.17, 15) is 19.5 Å². The Balaban J connectivity index is 1.64. The zero-order chi connectivity index (χ0) is 20.0. The Morgan fingerprint density at radius 1 is 1.25 bits per heavy atom. The van der Waals surface area contributed by atoms with E-state index in [4.69, 9.17) is 4.74 Å². The zero-order valence-electron chi connectivity index (χ0n) is 16.0. The molecule has 150 valence electrons. The van der Waals surface area contributed by atoms with Crippen molar-refractivity contribution in [1.82, 2.24) is 0 Å². The zero-order valence-corrected chi connectivity index (χ0v) is 16.8. The van der Waals surface area contributed by atoms with Gasteiger partial charge in [0, 0.05) is 16.8 Å². The number of aryl methyl sites for hydroxylation is 1. The number of hydrogen-bond donors (Lipinski definition) is 1. The Morgan fingerprint density at radius 3 is 2.64 bits per heavy atom. The van der Waals surface area contributed by atoms with Gasteiger partial charge in [0.05, 0.1) is 18.1 Å². The van der Waals surface area contributed by atoms with Gasteiger partial charge in [-0.25, -0.2) is 4.79 Å². The predicted octanol–water partition coefficient (Wildman–Crippen LogP) is 2.18. The summed E-state index contributed by atoms with van der Waals surface area (Å²) >= 11 is 1.42. The van der Waals surface area contributed by atoms with Crippen LogP contribution in [0.1, 0.15) is 47.5 Å². The number of esters is 1. The second-order valence-electron chi connectivity index (χ2n) is 8.08. The molecule has 1 fully saturated rings. The van der Waals surface area contributed by atoms with Crippen LogP contribution in [0.25, 0.3) is 0 Å². The fraction of sp³-hybridized carbons (Fsp3) is 0.571. The van der Waals surface area contributed by atoms with Crippen LogP contribution in [0.15, 0.2) is 12.2 Å².